The Bertz CT molecular complexity index is 790. The van der Waals surface area contributed by atoms with Crippen molar-refractivity contribution >= 4 is 23.0 Å². The summed E-state index contributed by atoms with van der Waals surface area (Å²) >= 11 is 0. The van der Waals surface area contributed by atoms with Crippen LogP contribution in [0.15, 0.2) is 36.0 Å². The van der Waals surface area contributed by atoms with Crippen LogP contribution >= 0.6 is 0 Å². The van der Waals surface area contributed by atoms with Crippen molar-refractivity contribution < 1.29 is 19.3 Å². The number of nitro benzene ring substituents is 1. The van der Waals surface area contributed by atoms with Crippen LogP contribution in [0.25, 0.3) is 0 Å². The number of benzene rings is 1. The van der Waals surface area contributed by atoms with Crippen molar-refractivity contribution in [2.45, 2.75) is 19.8 Å². The van der Waals surface area contributed by atoms with Gasteiger partial charge in [0.15, 0.2) is 11.6 Å². The second-order valence-electron chi connectivity index (χ2n) is 6.44. The van der Waals surface area contributed by atoms with E-state index in [1.807, 2.05) is 4.90 Å². The number of piperidine rings is 3. The number of fused-ring (bicyclic) bond motifs is 3. The third kappa shape index (κ3) is 3.22. The summed E-state index contributed by atoms with van der Waals surface area (Å²) in [6.07, 6.45) is 3.05. The van der Waals surface area contributed by atoms with E-state index in [4.69, 9.17) is 0 Å². The smallest absolute Gasteiger partial charge is 0.270 e. The van der Waals surface area contributed by atoms with E-state index in [1.54, 1.807) is 0 Å². The number of Topliss-reactive ketones (excluding diaryl/α,β-unsaturated/α-hetero) is 3. The molecule has 1 aromatic rings. The first-order valence-electron chi connectivity index (χ1n) is 8.18. The molecule has 3 saturated heterocycles. The first-order valence-corrected chi connectivity index (χ1v) is 8.18. The molecule has 1 unspecified atom stereocenters. The Morgan fingerprint density at radius 2 is 2.00 bits per heavy atom. The zero-order valence-electron chi connectivity index (χ0n) is 13.8. The molecule has 0 amide bonds. The lowest BCUT2D eigenvalue weighted by Gasteiger charge is -2.41. The minimum absolute atomic E-state index is 0.0180. The molecule has 1 atom stereocenters. The Labute approximate surface area is 144 Å². The van der Waals surface area contributed by atoms with Crippen LogP contribution in [-0.2, 0) is 9.59 Å². The van der Waals surface area contributed by atoms with Crippen LogP contribution < -0.4 is 0 Å². The quantitative estimate of drug-likeness (QED) is 0.267. The van der Waals surface area contributed by atoms with Crippen LogP contribution in [0.2, 0.25) is 0 Å². The van der Waals surface area contributed by atoms with E-state index in [0.717, 1.165) is 32.0 Å². The number of rotatable bonds is 5. The fourth-order valence-electron chi connectivity index (χ4n) is 3.42. The number of carbonyl (C=O) groups is 3. The monoisotopic (exact) mass is 342 g/mol. The topological polar surface area (TPSA) is 97.6 Å². The van der Waals surface area contributed by atoms with E-state index >= 15 is 0 Å². The Morgan fingerprint density at radius 3 is 2.56 bits per heavy atom. The molecular weight excluding hydrogens is 324 g/mol. The number of carbonyl (C=O) groups excluding carboxylic acids is 3. The standard InChI is InChI=1S/C18H18N2O5/c1-11(21)15(10-16-18(23)12-5-7-19(16)8-6-12)17(22)13-3-2-4-14(9-13)20(24)25/h2-4,9-10,12,15H,5-8H2,1H3/b16-10-. The summed E-state index contributed by atoms with van der Waals surface area (Å²) in [6.45, 7) is 2.79. The largest absolute Gasteiger partial charge is 0.369 e. The zero-order valence-corrected chi connectivity index (χ0v) is 13.8. The summed E-state index contributed by atoms with van der Waals surface area (Å²) < 4.78 is 0. The van der Waals surface area contributed by atoms with Gasteiger partial charge in [0, 0.05) is 36.7 Å². The van der Waals surface area contributed by atoms with Crippen LogP contribution in [-0.4, -0.2) is 40.3 Å². The molecule has 3 aliphatic heterocycles. The molecule has 25 heavy (non-hydrogen) atoms. The van der Waals surface area contributed by atoms with Crippen molar-refractivity contribution in [2.24, 2.45) is 11.8 Å². The summed E-state index contributed by atoms with van der Waals surface area (Å²) in [4.78, 5) is 49.4. The molecule has 3 fully saturated rings. The Kier molecular flexibility index (Phi) is 4.48. The van der Waals surface area contributed by atoms with Gasteiger partial charge >= 0.3 is 0 Å². The molecule has 1 aromatic carbocycles. The number of nitro groups is 1. The number of non-ortho nitro benzene ring substituents is 1. The minimum Gasteiger partial charge on any atom is -0.369 e. The first kappa shape index (κ1) is 17.0. The number of ketones is 3. The molecule has 0 aromatic heterocycles. The highest BCUT2D eigenvalue weighted by Gasteiger charge is 2.38. The molecule has 130 valence electrons. The highest BCUT2D eigenvalue weighted by atomic mass is 16.6. The number of hydrogen-bond acceptors (Lipinski definition) is 6. The minimum atomic E-state index is -1.11. The average Bonchev–Trinajstić information content (AvgIpc) is 2.61. The van der Waals surface area contributed by atoms with Gasteiger partial charge in [0.1, 0.15) is 11.7 Å². The summed E-state index contributed by atoms with van der Waals surface area (Å²) in [5.41, 5.74) is 0.313. The molecule has 3 aliphatic rings. The summed E-state index contributed by atoms with van der Waals surface area (Å²) in [5.74, 6) is -2.08. The molecule has 7 nitrogen and oxygen atoms in total. The van der Waals surface area contributed by atoms with Crippen molar-refractivity contribution in [3.05, 3.63) is 51.7 Å². The number of allylic oxidation sites excluding steroid dienone is 2. The SMILES string of the molecule is CC(=O)C(/C=C1/C(=O)C2CCN1CC2)C(=O)c1cccc([N+](=O)[O-])c1. The van der Waals surface area contributed by atoms with E-state index in [1.165, 1.54) is 31.2 Å². The predicted octanol–water partition coefficient (Wildman–Crippen LogP) is 2.16. The van der Waals surface area contributed by atoms with Gasteiger partial charge < -0.3 is 4.90 Å². The van der Waals surface area contributed by atoms with Crippen molar-refractivity contribution in [2.75, 3.05) is 13.1 Å². The lowest BCUT2D eigenvalue weighted by atomic mass is 9.82. The zero-order chi connectivity index (χ0) is 18.1. The Morgan fingerprint density at radius 1 is 1.32 bits per heavy atom. The molecule has 3 heterocycles. The van der Waals surface area contributed by atoms with Crippen LogP contribution in [0, 0.1) is 22.0 Å². The van der Waals surface area contributed by atoms with E-state index in [-0.39, 0.29) is 28.7 Å². The van der Waals surface area contributed by atoms with Gasteiger partial charge in [-0.05, 0) is 25.8 Å². The van der Waals surface area contributed by atoms with Crippen LogP contribution in [0.4, 0.5) is 5.69 Å². The van der Waals surface area contributed by atoms with Gasteiger partial charge in [-0.25, -0.2) is 0 Å². The first-order chi connectivity index (χ1) is 11.9. The van der Waals surface area contributed by atoms with Gasteiger partial charge in [-0.1, -0.05) is 12.1 Å². The van der Waals surface area contributed by atoms with Crippen molar-refractivity contribution in [3.8, 4) is 0 Å². The molecular formula is C18H18N2O5. The highest BCUT2D eigenvalue weighted by Crippen LogP contribution is 2.32. The molecule has 0 N–H and O–H groups in total. The van der Waals surface area contributed by atoms with Crippen molar-refractivity contribution in [3.63, 3.8) is 0 Å². The summed E-state index contributed by atoms with van der Waals surface area (Å²) in [7, 11) is 0. The van der Waals surface area contributed by atoms with E-state index < -0.39 is 16.6 Å². The number of nitrogens with zero attached hydrogens (tertiary/aromatic N) is 2. The maximum atomic E-state index is 12.7. The average molecular weight is 342 g/mol. The van der Waals surface area contributed by atoms with E-state index in [2.05, 4.69) is 0 Å². The Balaban J connectivity index is 1.94. The molecule has 4 rings (SSSR count). The summed E-state index contributed by atoms with van der Waals surface area (Å²) in [6, 6.07) is 5.30. The van der Waals surface area contributed by atoms with E-state index in [9.17, 15) is 24.5 Å². The van der Waals surface area contributed by atoms with Gasteiger partial charge in [-0.3, -0.25) is 24.5 Å². The molecule has 0 saturated carbocycles. The fourth-order valence-corrected chi connectivity index (χ4v) is 3.42. The normalized spacial score (nSPS) is 20.0. The van der Waals surface area contributed by atoms with Gasteiger partial charge in [0.25, 0.3) is 5.69 Å². The van der Waals surface area contributed by atoms with E-state index in [0.29, 0.717) is 5.70 Å². The van der Waals surface area contributed by atoms with Crippen LogP contribution in [0.5, 0.6) is 0 Å². The maximum Gasteiger partial charge on any atom is 0.270 e. The maximum absolute atomic E-state index is 12.7. The Hall–Kier alpha value is -2.83. The van der Waals surface area contributed by atoms with Crippen LogP contribution in [0.1, 0.15) is 30.1 Å². The molecule has 7 heteroatoms. The van der Waals surface area contributed by atoms with Gasteiger partial charge in [0.05, 0.1) is 10.6 Å². The van der Waals surface area contributed by atoms with Gasteiger partial charge in [0.2, 0.25) is 0 Å². The third-order valence-electron chi connectivity index (χ3n) is 4.85. The summed E-state index contributed by atoms with van der Waals surface area (Å²) in [5, 5.41) is 10.9. The fraction of sp³-hybridized carbons (Fsp3) is 0.389. The second-order valence-corrected chi connectivity index (χ2v) is 6.44. The third-order valence-corrected chi connectivity index (χ3v) is 4.85. The molecule has 0 aliphatic carbocycles. The number of hydrogen-bond donors (Lipinski definition) is 0. The van der Waals surface area contributed by atoms with Gasteiger partial charge in [-0.2, -0.15) is 0 Å². The van der Waals surface area contributed by atoms with Crippen LogP contribution in [0.3, 0.4) is 0 Å². The van der Waals surface area contributed by atoms with Crippen molar-refractivity contribution in [1.82, 2.24) is 4.90 Å². The highest BCUT2D eigenvalue weighted by molar-refractivity contribution is 6.12. The lowest BCUT2D eigenvalue weighted by molar-refractivity contribution is -0.384. The predicted molar refractivity (Wildman–Crippen MR) is 89.0 cm³/mol. The van der Waals surface area contributed by atoms with Gasteiger partial charge in [-0.15, -0.1) is 0 Å². The molecule has 0 radical (unpaired) electrons. The molecule has 0 spiro atoms. The van der Waals surface area contributed by atoms with Crippen molar-refractivity contribution in [1.29, 1.82) is 0 Å². The lowest BCUT2D eigenvalue weighted by Crippen LogP contribution is -2.46. The molecule has 2 bridgehead atoms. The second kappa shape index (κ2) is 6.58.